The zero-order valence-corrected chi connectivity index (χ0v) is 11.3. The number of piperazine rings is 1. The number of rotatable bonds is 4. The molecular formula is C15H19F3N2. The van der Waals surface area contributed by atoms with Crippen LogP contribution in [0, 0.1) is 0 Å². The van der Waals surface area contributed by atoms with Gasteiger partial charge in [-0.2, -0.15) is 13.2 Å². The molecule has 20 heavy (non-hydrogen) atoms. The molecule has 1 aliphatic heterocycles. The van der Waals surface area contributed by atoms with E-state index in [1.807, 2.05) is 12.2 Å². The van der Waals surface area contributed by atoms with Crippen molar-refractivity contribution in [2.24, 2.45) is 0 Å². The highest BCUT2D eigenvalue weighted by atomic mass is 19.4. The minimum Gasteiger partial charge on any atom is -0.314 e. The molecule has 0 aliphatic carbocycles. The van der Waals surface area contributed by atoms with E-state index in [1.165, 1.54) is 12.1 Å². The van der Waals surface area contributed by atoms with Crippen LogP contribution in [0.1, 0.15) is 11.1 Å². The number of benzene rings is 1. The van der Waals surface area contributed by atoms with Crippen molar-refractivity contribution in [2.75, 3.05) is 32.7 Å². The predicted molar refractivity (Wildman–Crippen MR) is 73.6 cm³/mol. The Labute approximate surface area is 117 Å². The first-order chi connectivity index (χ1) is 9.57. The quantitative estimate of drug-likeness (QED) is 0.855. The molecular weight excluding hydrogens is 265 g/mol. The molecule has 0 amide bonds. The average molecular weight is 284 g/mol. The number of nitrogens with zero attached hydrogens (tertiary/aromatic N) is 1. The number of allylic oxidation sites excluding steroid dienone is 1. The summed E-state index contributed by atoms with van der Waals surface area (Å²) in [6.07, 6.45) is -0.171. The van der Waals surface area contributed by atoms with E-state index in [0.29, 0.717) is 12.0 Å². The maximum absolute atomic E-state index is 12.8. The summed E-state index contributed by atoms with van der Waals surface area (Å²) in [4.78, 5) is 2.28. The van der Waals surface area contributed by atoms with Crippen molar-refractivity contribution in [1.82, 2.24) is 10.2 Å². The maximum atomic E-state index is 12.8. The monoisotopic (exact) mass is 284 g/mol. The molecule has 2 nitrogen and oxygen atoms in total. The van der Waals surface area contributed by atoms with E-state index in [9.17, 15) is 13.2 Å². The van der Waals surface area contributed by atoms with Crippen LogP contribution < -0.4 is 5.32 Å². The largest absolute Gasteiger partial charge is 0.416 e. The summed E-state index contributed by atoms with van der Waals surface area (Å²) in [6, 6.07) is 5.75. The van der Waals surface area contributed by atoms with E-state index in [-0.39, 0.29) is 0 Å². The van der Waals surface area contributed by atoms with Crippen LogP contribution in [0.2, 0.25) is 0 Å². The fraction of sp³-hybridized carbons (Fsp3) is 0.467. The van der Waals surface area contributed by atoms with E-state index in [4.69, 9.17) is 0 Å². The third-order valence-electron chi connectivity index (χ3n) is 3.40. The predicted octanol–water partition coefficient (Wildman–Crippen LogP) is 2.71. The Kier molecular flexibility index (Phi) is 5.20. The second kappa shape index (κ2) is 6.90. The molecule has 0 spiro atoms. The van der Waals surface area contributed by atoms with Crippen molar-refractivity contribution in [3.8, 4) is 0 Å². The molecule has 1 aromatic carbocycles. The number of nitrogens with one attached hydrogen (secondary N) is 1. The molecule has 1 fully saturated rings. The lowest BCUT2D eigenvalue weighted by Crippen LogP contribution is -2.43. The van der Waals surface area contributed by atoms with Crippen molar-refractivity contribution < 1.29 is 13.2 Å². The smallest absolute Gasteiger partial charge is 0.314 e. The summed E-state index contributed by atoms with van der Waals surface area (Å²) in [5.74, 6) is 0. The maximum Gasteiger partial charge on any atom is 0.416 e. The zero-order valence-electron chi connectivity index (χ0n) is 11.3. The Morgan fingerprint density at radius 3 is 2.50 bits per heavy atom. The first kappa shape index (κ1) is 15.1. The Morgan fingerprint density at radius 2 is 1.80 bits per heavy atom. The second-order valence-corrected chi connectivity index (χ2v) is 4.88. The summed E-state index contributed by atoms with van der Waals surface area (Å²) in [5.41, 5.74) is -0.205. The van der Waals surface area contributed by atoms with Crippen LogP contribution in [-0.2, 0) is 12.6 Å². The summed E-state index contributed by atoms with van der Waals surface area (Å²) in [6.45, 7) is 4.73. The first-order valence-electron chi connectivity index (χ1n) is 6.80. The van der Waals surface area contributed by atoms with E-state index < -0.39 is 11.7 Å². The van der Waals surface area contributed by atoms with E-state index in [1.54, 1.807) is 6.07 Å². The SMILES string of the molecule is FC(F)(F)c1ccccc1C/C=C\CN1CCNCC1. The summed E-state index contributed by atoms with van der Waals surface area (Å²) in [7, 11) is 0. The highest BCUT2D eigenvalue weighted by molar-refractivity contribution is 5.31. The molecule has 1 N–H and O–H groups in total. The van der Waals surface area contributed by atoms with Gasteiger partial charge in [-0.3, -0.25) is 4.90 Å². The van der Waals surface area contributed by atoms with Gasteiger partial charge in [0, 0.05) is 32.7 Å². The number of halogens is 3. The van der Waals surface area contributed by atoms with Crippen LogP contribution in [0.3, 0.4) is 0 Å². The van der Waals surface area contributed by atoms with Gasteiger partial charge >= 0.3 is 6.18 Å². The van der Waals surface area contributed by atoms with Crippen LogP contribution in [0.5, 0.6) is 0 Å². The van der Waals surface area contributed by atoms with Gasteiger partial charge in [-0.25, -0.2) is 0 Å². The van der Waals surface area contributed by atoms with Gasteiger partial charge in [0.2, 0.25) is 0 Å². The summed E-state index contributed by atoms with van der Waals surface area (Å²) >= 11 is 0. The highest BCUT2D eigenvalue weighted by Gasteiger charge is 2.32. The van der Waals surface area contributed by atoms with Gasteiger partial charge in [-0.15, -0.1) is 0 Å². The van der Waals surface area contributed by atoms with Crippen LogP contribution in [0.25, 0.3) is 0 Å². The van der Waals surface area contributed by atoms with Crippen LogP contribution in [-0.4, -0.2) is 37.6 Å². The van der Waals surface area contributed by atoms with Crippen molar-refractivity contribution in [1.29, 1.82) is 0 Å². The molecule has 0 aromatic heterocycles. The topological polar surface area (TPSA) is 15.3 Å². The third kappa shape index (κ3) is 4.35. The molecule has 0 atom stereocenters. The van der Waals surface area contributed by atoms with Crippen molar-refractivity contribution in [2.45, 2.75) is 12.6 Å². The highest BCUT2D eigenvalue weighted by Crippen LogP contribution is 2.32. The van der Waals surface area contributed by atoms with E-state index >= 15 is 0 Å². The Hall–Kier alpha value is -1.33. The van der Waals surface area contributed by atoms with Gasteiger partial charge in [-0.1, -0.05) is 30.4 Å². The molecule has 1 saturated heterocycles. The number of alkyl halides is 3. The first-order valence-corrected chi connectivity index (χ1v) is 6.80. The number of hydrogen-bond donors (Lipinski definition) is 1. The Balaban J connectivity index is 1.90. The normalized spacial score (nSPS) is 17.8. The van der Waals surface area contributed by atoms with Crippen molar-refractivity contribution in [3.05, 3.63) is 47.5 Å². The van der Waals surface area contributed by atoms with Crippen molar-refractivity contribution in [3.63, 3.8) is 0 Å². The minimum atomic E-state index is -4.27. The molecule has 1 aromatic rings. The molecule has 0 saturated carbocycles. The Bertz CT molecular complexity index is 449. The summed E-state index contributed by atoms with van der Waals surface area (Å²) < 4.78 is 38.4. The molecule has 5 heteroatoms. The van der Waals surface area contributed by atoms with Gasteiger partial charge in [0.1, 0.15) is 0 Å². The fourth-order valence-corrected chi connectivity index (χ4v) is 2.30. The average Bonchev–Trinajstić information content (AvgIpc) is 2.44. The van der Waals surface area contributed by atoms with Crippen molar-refractivity contribution >= 4 is 0 Å². The molecule has 2 rings (SSSR count). The Morgan fingerprint density at radius 1 is 1.10 bits per heavy atom. The lowest BCUT2D eigenvalue weighted by atomic mass is 10.0. The fourth-order valence-electron chi connectivity index (χ4n) is 2.30. The van der Waals surface area contributed by atoms with E-state index in [2.05, 4.69) is 10.2 Å². The van der Waals surface area contributed by atoms with Gasteiger partial charge in [0.05, 0.1) is 5.56 Å². The van der Waals surface area contributed by atoms with Crippen LogP contribution in [0.4, 0.5) is 13.2 Å². The van der Waals surface area contributed by atoms with Crippen LogP contribution >= 0.6 is 0 Å². The number of hydrogen-bond acceptors (Lipinski definition) is 2. The van der Waals surface area contributed by atoms with E-state index in [0.717, 1.165) is 38.8 Å². The molecule has 0 radical (unpaired) electrons. The standard InChI is InChI=1S/C15H19F3N2/c16-15(17,18)14-7-2-1-5-13(14)6-3-4-10-20-11-8-19-9-12-20/h1-5,7,19H,6,8-12H2/b4-3-. The minimum absolute atomic E-state index is 0.321. The third-order valence-corrected chi connectivity index (χ3v) is 3.40. The molecule has 1 aliphatic rings. The molecule has 1 heterocycles. The zero-order chi connectivity index (χ0) is 14.4. The second-order valence-electron chi connectivity index (χ2n) is 4.88. The van der Waals surface area contributed by atoms with Gasteiger partial charge in [-0.05, 0) is 18.1 Å². The lowest BCUT2D eigenvalue weighted by Gasteiger charge is -2.25. The van der Waals surface area contributed by atoms with Crippen LogP contribution in [0.15, 0.2) is 36.4 Å². The lowest BCUT2D eigenvalue weighted by molar-refractivity contribution is -0.138. The molecule has 0 bridgehead atoms. The molecule has 0 unspecified atom stereocenters. The van der Waals surface area contributed by atoms with Gasteiger partial charge < -0.3 is 5.32 Å². The summed E-state index contributed by atoms with van der Waals surface area (Å²) in [5, 5.41) is 3.26. The van der Waals surface area contributed by atoms with Gasteiger partial charge in [0.15, 0.2) is 0 Å². The molecule has 110 valence electrons. The van der Waals surface area contributed by atoms with Gasteiger partial charge in [0.25, 0.3) is 0 Å².